The summed E-state index contributed by atoms with van der Waals surface area (Å²) in [6.45, 7) is 3.41. The Morgan fingerprint density at radius 1 is 0.968 bits per heavy atom. The van der Waals surface area contributed by atoms with E-state index in [4.69, 9.17) is 4.98 Å². The Hall–Kier alpha value is -2.30. The highest BCUT2D eigenvalue weighted by molar-refractivity contribution is 5.78. The van der Waals surface area contributed by atoms with Crippen molar-refractivity contribution in [2.24, 2.45) is 5.92 Å². The minimum absolute atomic E-state index is 0.0283. The van der Waals surface area contributed by atoms with Gasteiger partial charge >= 0.3 is 0 Å². The number of nitrogens with zero attached hydrogens (tertiary/aromatic N) is 2. The minimum atomic E-state index is -0.203. The second-order valence-corrected chi connectivity index (χ2v) is 9.24. The van der Waals surface area contributed by atoms with Gasteiger partial charge in [-0.05, 0) is 87.5 Å². The summed E-state index contributed by atoms with van der Waals surface area (Å²) in [6.07, 6.45) is 8.29. The summed E-state index contributed by atoms with van der Waals surface area (Å²) in [5.41, 5.74) is 3.37. The number of rotatable bonds is 5. The normalized spacial score (nSPS) is 25.0. The number of fused-ring (bicyclic) bond motifs is 1. The van der Waals surface area contributed by atoms with E-state index in [0.717, 1.165) is 36.0 Å². The van der Waals surface area contributed by atoms with E-state index in [0.29, 0.717) is 5.92 Å². The highest BCUT2D eigenvalue weighted by atomic mass is 19.1. The molecule has 1 aromatic heterocycles. The molecule has 3 nitrogen and oxygen atoms in total. The molecule has 2 aromatic carbocycles. The standard InChI is InChI=1S/C27H32FN3/c28-24-12-14-26-22(18-24)11-13-25(30-26)19-23-10-7-15-29-27(23,31-16-5-2-6-17-31)20-21-8-3-1-4-9-21/h1,3-4,8-9,11-14,18,23,29H,2,5-7,10,15-17,19-20H2. The molecule has 31 heavy (non-hydrogen) atoms. The van der Waals surface area contributed by atoms with E-state index in [1.54, 1.807) is 12.1 Å². The molecule has 2 saturated heterocycles. The van der Waals surface area contributed by atoms with Gasteiger partial charge in [-0.1, -0.05) is 42.8 Å². The largest absolute Gasteiger partial charge is 0.299 e. The fraction of sp³-hybridized carbons (Fsp3) is 0.444. The van der Waals surface area contributed by atoms with Gasteiger partial charge in [0.2, 0.25) is 0 Å². The molecule has 2 aliphatic heterocycles. The smallest absolute Gasteiger partial charge is 0.123 e. The lowest BCUT2D eigenvalue weighted by Crippen LogP contribution is -2.68. The fourth-order valence-electron chi connectivity index (χ4n) is 5.70. The second kappa shape index (κ2) is 9.05. The molecule has 5 rings (SSSR count). The zero-order valence-corrected chi connectivity index (χ0v) is 18.2. The maximum atomic E-state index is 13.6. The number of aromatic nitrogens is 1. The molecule has 2 aliphatic rings. The summed E-state index contributed by atoms with van der Waals surface area (Å²) < 4.78 is 13.6. The Labute approximate surface area is 184 Å². The van der Waals surface area contributed by atoms with Crippen LogP contribution in [0.5, 0.6) is 0 Å². The van der Waals surface area contributed by atoms with Gasteiger partial charge in [-0.25, -0.2) is 4.39 Å². The first-order valence-corrected chi connectivity index (χ1v) is 11.8. The predicted octanol–water partition coefficient (Wildman–Crippen LogP) is 5.34. The summed E-state index contributed by atoms with van der Waals surface area (Å²) in [5, 5.41) is 4.89. The monoisotopic (exact) mass is 417 g/mol. The van der Waals surface area contributed by atoms with Crippen LogP contribution < -0.4 is 5.32 Å². The van der Waals surface area contributed by atoms with E-state index < -0.39 is 0 Å². The van der Waals surface area contributed by atoms with Gasteiger partial charge < -0.3 is 0 Å². The first-order chi connectivity index (χ1) is 15.2. The topological polar surface area (TPSA) is 28.2 Å². The van der Waals surface area contributed by atoms with Gasteiger partial charge in [0.05, 0.1) is 11.2 Å². The molecular formula is C27H32FN3. The highest BCUT2D eigenvalue weighted by Crippen LogP contribution is 2.37. The number of halogens is 1. The van der Waals surface area contributed by atoms with Crippen LogP contribution in [0.25, 0.3) is 10.9 Å². The predicted molar refractivity (Wildman–Crippen MR) is 124 cm³/mol. The second-order valence-electron chi connectivity index (χ2n) is 9.24. The average Bonchev–Trinajstić information content (AvgIpc) is 2.82. The van der Waals surface area contributed by atoms with Crippen LogP contribution in [0.15, 0.2) is 60.7 Å². The van der Waals surface area contributed by atoms with E-state index in [1.165, 1.54) is 56.8 Å². The lowest BCUT2D eigenvalue weighted by Gasteiger charge is -2.53. The number of likely N-dealkylation sites (tertiary alicyclic amines) is 1. The van der Waals surface area contributed by atoms with E-state index in [2.05, 4.69) is 46.6 Å². The summed E-state index contributed by atoms with van der Waals surface area (Å²) in [4.78, 5) is 7.66. The molecule has 3 heterocycles. The van der Waals surface area contributed by atoms with Crippen molar-refractivity contribution in [2.45, 2.75) is 50.6 Å². The molecule has 2 fully saturated rings. The van der Waals surface area contributed by atoms with Crippen molar-refractivity contribution < 1.29 is 4.39 Å². The Morgan fingerprint density at radius 3 is 2.65 bits per heavy atom. The van der Waals surface area contributed by atoms with Gasteiger partial charge in [0, 0.05) is 17.5 Å². The highest BCUT2D eigenvalue weighted by Gasteiger charge is 2.45. The van der Waals surface area contributed by atoms with Gasteiger partial charge in [0.25, 0.3) is 0 Å². The van der Waals surface area contributed by atoms with Crippen molar-refractivity contribution in [3.05, 3.63) is 77.7 Å². The molecule has 1 N–H and O–H groups in total. The van der Waals surface area contributed by atoms with E-state index in [1.807, 2.05) is 6.07 Å². The molecule has 0 radical (unpaired) electrons. The summed E-state index contributed by atoms with van der Waals surface area (Å²) in [7, 11) is 0. The van der Waals surface area contributed by atoms with Crippen molar-refractivity contribution >= 4 is 10.9 Å². The zero-order chi connectivity index (χ0) is 21.1. The van der Waals surface area contributed by atoms with Gasteiger partial charge in [-0.3, -0.25) is 15.2 Å². The van der Waals surface area contributed by atoms with Crippen LogP contribution in [-0.2, 0) is 12.8 Å². The third kappa shape index (κ3) is 4.37. The number of nitrogens with one attached hydrogen (secondary N) is 1. The molecule has 2 unspecified atom stereocenters. The zero-order valence-electron chi connectivity index (χ0n) is 18.2. The Morgan fingerprint density at radius 2 is 1.81 bits per heavy atom. The number of piperidine rings is 2. The van der Waals surface area contributed by atoms with Crippen LogP contribution in [0.1, 0.15) is 43.4 Å². The lowest BCUT2D eigenvalue weighted by atomic mass is 9.76. The van der Waals surface area contributed by atoms with Crippen molar-refractivity contribution in [3.8, 4) is 0 Å². The molecular weight excluding hydrogens is 385 g/mol. The molecule has 0 amide bonds. The van der Waals surface area contributed by atoms with Crippen LogP contribution in [0.2, 0.25) is 0 Å². The Balaban J connectivity index is 1.48. The van der Waals surface area contributed by atoms with Gasteiger partial charge in [-0.15, -0.1) is 0 Å². The van der Waals surface area contributed by atoms with Crippen LogP contribution in [0.3, 0.4) is 0 Å². The molecule has 162 valence electrons. The van der Waals surface area contributed by atoms with E-state index in [-0.39, 0.29) is 11.5 Å². The maximum Gasteiger partial charge on any atom is 0.123 e. The summed E-state index contributed by atoms with van der Waals surface area (Å²) >= 11 is 0. The average molecular weight is 418 g/mol. The SMILES string of the molecule is Fc1ccc2nc(CC3CCCNC3(Cc3ccccc3)N3CCCCC3)ccc2c1. The lowest BCUT2D eigenvalue weighted by molar-refractivity contribution is -0.0322. The van der Waals surface area contributed by atoms with E-state index in [9.17, 15) is 4.39 Å². The van der Waals surface area contributed by atoms with Gasteiger partial charge in [0.15, 0.2) is 0 Å². The van der Waals surface area contributed by atoms with Crippen LogP contribution in [-0.4, -0.2) is 35.2 Å². The van der Waals surface area contributed by atoms with Crippen molar-refractivity contribution in [2.75, 3.05) is 19.6 Å². The molecule has 3 aromatic rings. The third-order valence-electron chi connectivity index (χ3n) is 7.24. The minimum Gasteiger partial charge on any atom is -0.299 e. The van der Waals surface area contributed by atoms with Crippen LogP contribution >= 0.6 is 0 Å². The Kier molecular flexibility index (Phi) is 6.02. The molecule has 0 spiro atoms. The fourth-order valence-corrected chi connectivity index (χ4v) is 5.70. The first-order valence-electron chi connectivity index (χ1n) is 11.8. The number of pyridine rings is 1. The molecule has 0 saturated carbocycles. The quantitative estimate of drug-likeness (QED) is 0.607. The number of benzene rings is 2. The van der Waals surface area contributed by atoms with Crippen molar-refractivity contribution in [3.63, 3.8) is 0 Å². The van der Waals surface area contributed by atoms with Gasteiger partial charge in [-0.2, -0.15) is 0 Å². The first kappa shape index (κ1) is 20.6. The van der Waals surface area contributed by atoms with Crippen molar-refractivity contribution in [1.82, 2.24) is 15.2 Å². The summed E-state index contributed by atoms with van der Waals surface area (Å²) in [6, 6.07) is 19.9. The van der Waals surface area contributed by atoms with E-state index >= 15 is 0 Å². The molecule has 0 aliphatic carbocycles. The van der Waals surface area contributed by atoms with Crippen LogP contribution in [0.4, 0.5) is 4.39 Å². The molecule has 4 heteroatoms. The molecule has 0 bridgehead atoms. The maximum absolute atomic E-state index is 13.6. The Bertz CT molecular complexity index is 1020. The number of hydrogen-bond donors (Lipinski definition) is 1. The third-order valence-corrected chi connectivity index (χ3v) is 7.24. The van der Waals surface area contributed by atoms with Gasteiger partial charge in [0.1, 0.15) is 5.82 Å². The summed E-state index contributed by atoms with van der Waals surface area (Å²) in [5.74, 6) is 0.287. The number of hydrogen-bond acceptors (Lipinski definition) is 3. The van der Waals surface area contributed by atoms with Crippen molar-refractivity contribution in [1.29, 1.82) is 0 Å². The van der Waals surface area contributed by atoms with Crippen LogP contribution in [0, 0.1) is 11.7 Å². The molecule has 2 atom stereocenters.